The lowest BCUT2D eigenvalue weighted by atomic mass is 10.2. The van der Waals surface area contributed by atoms with Crippen molar-refractivity contribution in [3.05, 3.63) is 59.4 Å². The first-order chi connectivity index (χ1) is 10.8. The van der Waals surface area contributed by atoms with Crippen molar-refractivity contribution in [3.63, 3.8) is 0 Å². The molecule has 22 heavy (non-hydrogen) atoms. The van der Waals surface area contributed by atoms with E-state index in [1.54, 1.807) is 7.11 Å². The fourth-order valence-electron chi connectivity index (χ4n) is 2.00. The van der Waals surface area contributed by atoms with Gasteiger partial charge in [-0.2, -0.15) is 0 Å². The predicted octanol–water partition coefficient (Wildman–Crippen LogP) is 4.01. The lowest BCUT2D eigenvalue weighted by Crippen LogP contribution is -1.99. The van der Waals surface area contributed by atoms with Gasteiger partial charge in [-0.1, -0.05) is 23.7 Å². The van der Waals surface area contributed by atoms with Crippen molar-refractivity contribution in [3.8, 4) is 17.2 Å². The molecular weight excluding hydrogens is 302 g/mol. The molecule has 3 aromatic rings. The Bertz CT molecular complexity index is 756. The third kappa shape index (κ3) is 3.20. The highest BCUT2D eigenvalue weighted by Gasteiger charge is 2.12. The summed E-state index contributed by atoms with van der Waals surface area (Å²) in [4.78, 5) is 0. The molecule has 5 nitrogen and oxygen atoms in total. The van der Waals surface area contributed by atoms with E-state index < -0.39 is 0 Å². The van der Waals surface area contributed by atoms with Crippen molar-refractivity contribution in [1.82, 2.24) is 10.2 Å². The van der Waals surface area contributed by atoms with Gasteiger partial charge >= 0.3 is 0 Å². The molecule has 0 saturated heterocycles. The highest BCUT2D eigenvalue weighted by Crippen LogP contribution is 2.28. The second-order valence-corrected chi connectivity index (χ2v) is 5.00. The predicted molar refractivity (Wildman–Crippen MR) is 85.1 cm³/mol. The second kappa shape index (κ2) is 6.49. The van der Waals surface area contributed by atoms with Crippen LogP contribution in [0.25, 0.3) is 11.5 Å². The lowest BCUT2D eigenvalue weighted by molar-refractivity contribution is 0.413. The molecule has 112 valence electrons. The maximum absolute atomic E-state index is 5.85. The van der Waals surface area contributed by atoms with Crippen LogP contribution in [0.1, 0.15) is 5.89 Å². The number of halogens is 1. The van der Waals surface area contributed by atoms with Gasteiger partial charge in [-0.15, -0.1) is 10.2 Å². The van der Waals surface area contributed by atoms with Crippen molar-refractivity contribution in [2.75, 3.05) is 12.4 Å². The third-order valence-corrected chi connectivity index (χ3v) is 3.34. The van der Waals surface area contributed by atoms with Crippen LogP contribution in [-0.4, -0.2) is 17.3 Å². The smallest absolute Gasteiger partial charge is 0.251 e. The van der Waals surface area contributed by atoms with Crippen molar-refractivity contribution in [2.45, 2.75) is 6.54 Å². The van der Waals surface area contributed by atoms with Crippen LogP contribution in [0.15, 0.2) is 52.9 Å². The van der Waals surface area contributed by atoms with Gasteiger partial charge in [-0.25, -0.2) is 0 Å². The molecule has 0 unspecified atom stereocenters. The summed E-state index contributed by atoms with van der Waals surface area (Å²) in [5.41, 5.74) is 1.71. The minimum atomic E-state index is 0.434. The van der Waals surface area contributed by atoms with Gasteiger partial charge in [0, 0.05) is 10.7 Å². The highest BCUT2D eigenvalue weighted by atomic mass is 35.5. The number of nitrogens with one attached hydrogen (secondary N) is 1. The minimum Gasteiger partial charge on any atom is -0.496 e. The molecule has 0 aliphatic rings. The summed E-state index contributed by atoms with van der Waals surface area (Å²) in [5.74, 6) is 1.63. The monoisotopic (exact) mass is 315 g/mol. The second-order valence-electron chi connectivity index (χ2n) is 4.56. The van der Waals surface area contributed by atoms with Crippen molar-refractivity contribution < 1.29 is 9.15 Å². The molecule has 1 aromatic heterocycles. The maximum Gasteiger partial charge on any atom is 0.251 e. The van der Waals surface area contributed by atoms with E-state index in [1.165, 1.54) is 0 Å². The Hall–Kier alpha value is -2.53. The van der Waals surface area contributed by atoms with E-state index in [0.29, 0.717) is 29.1 Å². The number of nitrogens with zero attached hydrogens (tertiary/aromatic N) is 2. The number of aromatic nitrogens is 2. The Labute approximate surface area is 132 Å². The van der Waals surface area contributed by atoms with Crippen LogP contribution in [0.2, 0.25) is 5.02 Å². The average molecular weight is 316 g/mol. The molecule has 0 saturated carbocycles. The number of benzene rings is 2. The number of anilines is 1. The van der Waals surface area contributed by atoms with E-state index in [2.05, 4.69) is 15.5 Å². The molecule has 1 heterocycles. The van der Waals surface area contributed by atoms with Crippen molar-refractivity contribution >= 4 is 17.3 Å². The zero-order valence-electron chi connectivity index (χ0n) is 11.9. The van der Waals surface area contributed by atoms with E-state index >= 15 is 0 Å². The summed E-state index contributed by atoms with van der Waals surface area (Å²) in [6, 6.07) is 14.9. The van der Waals surface area contributed by atoms with Crippen molar-refractivity contribution in [1.29, 1.82) is 0 Å². The van der Waals surface area contributed by atoms with Crippen LogP contribution in [0.5, 0.6) is 5.75 Å². The number of methoxy groups -OCH3 is 1. The van der Waals surface area contributed by atoms with Crippen LogP contribution in [-0.2, 0) is 6.54 Å². The normalized spacial score (nSPS) is 10.5. The Balaban J connectivity index is 1.72. The molecule has 0 atom stereocenters. The van der Waals surface area contributed by atoms with Crippen molar-refractivity contribution in [2.24, 2.45) is 0 Å². The first kappa shape index (κ1) is 14.4. The first-order valence-corrected chi connectivity index (χ1v) is 7.09. The largest absolute Gasteiger partial charge is 0.496 e. The Morgan fingerprint density at radius 2 is 1.86 bits per heavy atom. The quantitative estimate of drug-likeness (QED) is 0.770. The molecule has 0 spiro atoms. The van der Waals surface area contributed by atoms with Gasteiger partial charge in [0.25, 0.3) is 5.89 Å². The molecule has 0 bridgehead atoms. The van der Waals surface area contributed by atoms with Crippen LogP contribution in [0, 0.1) is 0 Å². The van der Waals surface area contributed by atoms with Gasteiger partial charge in [0.15, 0.2) is 0 Å². The average Bonchev–Trinajstić information content (AvgIpc) is 3.03. The lowest BCUT2D eigenvalue weighted by Gasteiger charge is -2.04. The van der Waals surface area contributed by atoms with Gasteiger partial charge in [0.1, 0.15) is 5.75 Å². The number of hydrogen-bond acceptors (Lipinski definition) is 5. The first-order valence-electron chi connectivity index (χ1n) is 6.71. The molecular formula is C16H14ClN3O2. The fourth-order valence-corrected chi connectivity index (χ4v) is 2.13. The van der Waals surface area contributed by atoms with Crippen LogP contribution in [0.4, 0.5) is 5.69 Å². The molecule has 1 N–H and O–H groups in total. The minimum absolute atomic E-state index is 0.434. The number of para-hydroxylation sites is 1. The van der Waals surface area contributed by atoms with E-state index in [4.69, 9.17) is 20.8 Å². The van der Waals surface area contributed by atoms with E-state index in [1.807, 2.05) is 48.5 Å². The Kier molecular flexibility index (Phi) is 4.25. The molecule has 0 aliphatic heterocycles. The topological polar surface area (TPSA) is 60.2 Å². The standard InChI is InChI=1S/C16H14ClN3O2/c1-21-14-5-3-2-4-13(14)16-20-19-15(22-16)10-18-12-8-6-11(17)7-9-12/h2-9,18H,10H2,1H3. The molecule has 2 aromatic carbocycles. The van der Waals surface area contributed by atoms with Gasteiger partial charge in [-0.3, -0.25) is 0 Å². The summed E-state index contributed by atoms with van der Waals surface area (Å²) in [7, 11) is 1.61. The Morgan fingerprint density at radius 3 is 2.64 bits per heavy atom. The third-order valence-electron chi connectivity index (χ3n) is 3.09. The SMILES string of the molecule is COc1ccccc1-c1nnc(CNc2ccc(Cl)cc2)o1. The van der Waals surface area contributed by atoms with Gasteiger partial charge in [0.2, 0.25) is 5.89 Å². The molecule has 0 radical (unpaired) electrons. The summed E-state index contributed by atoms with van der Waals surface area (Å²) < 4.78 is 11.0. The summed E-state index contributed by atoms with van der Waals surface area (Å²) >= 11 is 5.85. The van der Waals surface area contributed by atoms with Crippen LogP contribution in [0.3, 0.4) is 0 Å². The van der Waals surface area contributed by atoms with E-state index in [0.717, 1.165) is 11.3 Å². The summed E-state index contributed by atoms with van der Waals surface area (Å²) in [5, 5.41) is 12.0. The molecule has 3 rings (SSSR count). The summed E-state index contributed by atoms with van der Waals surface area (Å²) in [6.45, 7) is 0.434. The zero-order chi connectivity index (χ0) is 15.4. The maximum atomic E-state index is 5.85. The van der Waals surface area contributed by atoms with Crippen LogP contribution < -0.4 is 10.1 Å². The van der Waals surface area contributed by atoms with Gasteiger partial charge in [-0.05, 0) is 36.4 Å². The zero-order valence-corrected chi connectivity index (χ0v) is 12.7. The molecule has 0 fully saturated rings. The molecule has 6 heteroatoms. The fraction of sp³-hybridized carbons (Fsp3) is 0.125. The van der Waals surface area contributed by atoms with Crippen LogP contribution >= 0.6 is 11.6 Å². The van der Waals surface area contributed by atoms with E-state index in [-0.39, 0.29) is 0 Å². The molecule has 0 amide bonds. The number of hydrogen-bond donors (Lipinski definition) is 1. The highest BCUT2D eigenvalue weighted by molar-refractivity contribution is 6.30. The molecule has 0 aliphatic carbocycles. The number of ether oxygens (including phenoxy) is 1. The van der Waals surface area contributed by atoms with Gasteiger partial charge in [0.05, 0.1) is 19.2 Å². The summed E-state index contributed by atoms with van der Waals surface area (Å²) in [6.07, 6.45) is 0. The van der Waals surface area contributed by atoms with E-state index in [9.17, 15) is 0 Å². The number of rotatable bonds is 5. The Morgan fingerprint density at radius 1 is 1.09 bits per heavy atom. The van der Waals surface area contributed by atoms with Gasteiger partial charge < -0.3 is 14.5 Å².